The monoisotopic (exact) mass is 607 g/mol. The molecule has 0 radical (unpaired) electrons. The van der Waals surface area contributed by atoms with E-state index in [0.717, 1.165) is 18.2 Å². The number of nitrogens with two attached hydrogens (primary N) is 1. The number of nitrogens with one attached hydrogen (secondary N) is 2. The highest BCUT2D eigenvalue weighted by molar-refractivity contribution is 5.76. The van der Waals surface area contributed by atoms with Crippen molar-refractivity contribution in [2.45, 2.75) is 67.1 Å². The number of benzene rings is 1. The van der Waals surface area contributed by atoms with E-state index in [9.17, 15) is 22.0 Å². The van der Waals surface area contributed by atoms with Crippen LogP contribution in [-0.2, 0) is 6.54 Å². The fourth-order valence-corrected chi connectivity index (χ4v) is 3.67. The van der Waals surface area contributed by atoms with Gasteiger partial charge in [0.25, 0.3) is 0 Å². The van der Waals surface area contributed by atoms with E-state index in [1.165, 1.54) is 12.5 Å². The van der Waals surface area contributed by atoms with Crippen molar-refractivity contribution in [3.63, 3.8) is 0 Å². The molecule has 0 spiro atoms. The first-order valence-corrected chi connectivity index (χ1v) is 14.3. The van der Waals surface area contributed by atoms with Gasteiger partial charge >= 0.3 is 6.18 Å². The van der Waals surface area contributed by atoms with Crippen LogP contribution in [0.3, 0.4) is 0 Å². The smallest absolute Gasteiger partial charge is 0.366 e. The lowest BCUT2D eigenvalue weighted by molar-refractivity contribution is -0.161. The summed E-state index contributed by atoms with van der Waals surface area (Å²) in [5, 5.41) is 6.85. The molecule has 2 aromatic heterocycles. The Morgan fingerprint density at radius 3 is 2.30 bits per heavy atom. The fraction of sp³-hybridized carbons (Fsp3) is 0.387. The zero-order valence-electron chi connectivity index (χ0n) is 25.6. The van der Waals surface area contributed by atoms with Crippen molar-refractivity contribution < 1.29 is 22.0 Å². The van der Waals surface area contributed by atoms with Gasteiger partial charge in [-0.1, -0.05) is 91.0 Å². The minimum Gasteiger partial charge on any atom is -0.366 e. The van der Waals surface area contributed by atoms with Crippen LogP contribution in [0.15, 0.2) is 67.0 Å². The summed E-state index contributed by atoms with van der Waals surface area (Å²) in [5.74, 6) is 1.19. The van der Waals surface area contributed by atoms with E-state index >= 15 is 0 Å². The lowest BCUT2D eigenvalue weighted by Crippen LogP contribution is -2.38. The molecule has 12 heteroatoms. The second-order valence-electron chi connectivity index (χ2n) is 8.70. The van der Waals surface area contributed by atoms with Crippen LogP contribution in [0, 0.1) is 17.6 Å². The first-order valence-electron chi connectivity index (χ1n) is 14.3. The number of aromatic nitrogens is 4. The summed E-state index contributed by atoms with van der Waals surface area (Å²) in [6, 6.07) is 7.94. The van der Waals surface area contributed by atoms with Gasteiger partial charge in [0.15, 0.2) is 17.5 Å². The summed E-state index contributed by atoms with van der Waals surface area (Å²) in [7, 11) is 0. The maximum atomic E-state index is 14.4. The minimum atomic E-state index is -4.67. The Bertz CT molecular complexity index is 1350. The Morgan fingerprint density at radius 1 is 1.09 bits per heavy atom. The van der Waals surface area contributed by atoms with Gasteiger partial charge in [0.05, 0.1) is 18.4 Å². The molecule has 1 aliphatic carbocycles. The highest BCUT2D eigenvalue weighted by Crippen LogP contribution is 2.31. The molecule has 4 rings (SSSR count). The van der Waals surface area contributed by atoms with E-state index in [1.54, 1.807) is 28.9 Å². The average molecular weight is 608 g/mol. The van der Waals surface area contributed by atoms with Crippen LogP contribution >= 0.6 is 0 Å². The predicted octanol–water partition coefficient (Wildman–Crippen LogP) is 8.05. The van der Waals surface area contributed by atoms with Crippen LogP contribution in [0.4, 0.5) is 27.8 Å². The van der Waals surface area contributed by atoms with Gasteiger partial charge in [-0.15, -0.1) is 0 Å². The Hall–Kier alpha value is -4.06. The quantitative estimate of drug-likeness (QED) is 0.130. The third-order valence-electron chi connectivity index (χ3n) is 5.57. The Labute approximate surface area is 250 Å². The van der Waals surface area contributed by atoms with Gasteiger partial charge in [-0.3, -0.25) is 10.5 Å². The van der Waals surface area contributed by atoms with Crippen molar-refractivity contribution in [2.75, 3.05) is 11.9 Å². The summed E-state index contributed by atoms with van der Waals surface area (Å²) in [6.45, 7) is 14.9. The largest absolute Gasteiger partial charge is 0.398 e. The van der Waals surface area contributed by atoms with Gasteiger partial charge in [0, 0.05) is 17.8 Å². The molecule has 0 amide bonds. The maximum absolute atomic E-state index is 14.4. The molecule has 0 saturated heterocycles. The van der Waals surface area contributed by atoms with Crippen molar-refractivity contribution in [1.29, 1.82) is 0 Å². The number of halogens is 5. The molecular formula is C31H42F5N7. The number of hydrazine groups is 1. The number of alkyl halides is 3. The molecule has 1 aromatic carbocycles. The first-order chi connectivity index (χ1) is 20.6. The molecule has 3 aromatic rings. The molecule has 1 aliphatic rings. The number of anilines is 1. The van der Waals surface area contributed by atoms with Gasteiger partial charge in [-0.05, 0) is 24.1 Å². The minimum absolute atomic E-state index is 0.0191. The molecule has 0 fully saturated rings. The molecule has 4 N–H and O–H groups in total. The number of hydrogen-bond donors (Lipinski definition) is 3. The molecule has 0 saturated carbocycles. The Morgan fingerprint density at radius 2 is 1.74 bits per heavy atom. The Kier molecular flexibility index (Phi) is 15.9. The maximum Gasteiger partial charge on any atom is 0.398 e. The summed E-state index contributed by atoms with van der Waals surface area (Å²) in [5.41, 5.74) is 3.56. The summed E-state index contributed by atoms with van der Waals surface area (Å²) < 4.78 is 70.2. The van der Waals surface area contributed by atoms with Crippen LogP contribution in [0.2, 0.25) is 0 Å². The van der Waals surface area contributed by atoms with Crippen LogP contribution < -0.4 is 16.6 Å². The van der Waals surface area contributed by atoms with E-state index in [4.69, 9.17) is 5.84 Å². The number of rotatable bonds is 9. The number of nitrogens with zero attached hydrogens (tertiary/aromatic N) is 4. The molecular weight excluding hydrogens is 565 g/mol. The summed E-state index contributed by atoms with van der Waals surface area (Å²) in [4.78, 5) is 8.01. The molecule has 0 bridgehead atoms. The molecule has 1 unspecified atom stereocenters. The predicted molar refractivity (Wildman–Crippen MR) is 164 cm³/mol. The van der Waals surface area contributed by atoms with Gasteiger partial charge in [0.2, 0.25) is 0 Å². The van der Waals surface area contributed by atoms with E-state index in [1.807, 2.05) is 51.3 Å². The van der Waals surface area contributed by atoms with Crippen molar-refractivity contribution in [3.8, 4) is 11.5 Å². The lowest BCUT2D eigenvalue weighted by atomic mass is 10.1. The summed E-state index contributed by atoms with van der Waals surface area (Å²) >= 11 is 0. The molecule has 236 valence electrons. The van der Waals surface area contributed by atoms with Gasteiger partial charge < -0.3 is 10.7 Å². The molecule has 43 heavy (non-hydrogen) atoms. The summed E-state index contributed by atoms with van der Waals surface area (Å²) in [6.07, 6.45) is 3.95. The van der Waals surface area contributed by atoms with Crippen molar-refractivity contribution in [1.82, 2.24) is 25.2 Å². The van der Waals surface area contributed by atoms with Crippen molar-refractivity contribution in [3.05, 3.63) is 89.9 Å². The topological polar surface area (TPSA) is 93.7 Å². The third kappa shape index (κ3) is 10.6. The van der Waals surface area contributed by atoms with Crippen LogP contribution in [0.5, 0.6) is 0 Å². The lowest BCUT2D eigenvalue weighted by Gasteiger charge is -2.22. The van der Waals surface area contributed by atoms with E-state index < -0.39 is 41.8 Å². The van der Waals surface area contributed by atoms with Gasteiger partial charge in [-0.25, -0.2) is 18.7 Å². The van der Waals surface area contributed by atoms with E-state index in [2.05, 4.69) is 40.8 Å². The third-order valence-corrected chi connectivity index (χ3v) is 5.57. The van der Waals surface area contributed by atoms with Crippen LogP contribution in [-0.4, -0.2) is 32.5 Å². The van der Waals surface area contributed by atoms with E-state index in [-0.39, 0.29) is 18.1 Å². The zero-order chi connectivity index (χ0) is 32.6. The van der Waals surface area contributed by atoms with Crippen LogP contribution in [0.25, 0.3) is 17.1 Å². The molecule has 0 aliphatic heterocycles. The highest BCUT2D eigenvalue weighted by Gasteiger charge is 2.41. The standard InChI is InChI=1S/C24H22F5N7.C3H8.2C2H6/c1-14(34-30)17(24(27,28)29)11-31-22-19(26)12-32-23(33-22)20-10-21(15-6-2-3-7-15)36(35-20)13-16-8-4-5-9-18(16)25;1-3-2;2*1-2/h2,4-10,12,17,34H,1,3,11,13,30H2,(H,31,32,33);3H2,1-2H3;2*1-2H3. The van der Waals surface area contributed by atoms with Gasteiger partial charge in [0.1, 0.15) is 17.4 Å². The number of hydrogen-bond acceptors (Lipinski definition) is 6. The highest BCUT2D eigenvalue weighted by atomic mass is 19.4. The van der Waals surface area contributed by atoms with Crippen LogP contribution in [0.1, 0.15) is 65.6 Å². The van der Waals surface area contributed by atoms with Crippen molar-refractivity contribution >= 4 is 11.4 Å². The zero-order valence-corrected chi connectivity index (χ0v) is 25.6. The SMILES string of the molecule is C=C(NN)C(CNc1nc(-c2cc(C3=CCC=C3)n(Cc3ccccc3F)n2)ncc1F)C(F)(F)F.CC.CC.CCC. The molecule has 1 atom stereocenters. The molecule has 7 nitrogen and oxygen atoms in total. The normalized spacial score (nSPS) is 12.4. The Balaban J connectivity index is 0.00000122. The van der Waals surface area contributed by atoms with Gasteiger partial charge in [-0.2, -0.15) is 18.3 Å². The van der Waals surface area contributed by atoms with E-state index in [0.29, 0.717) is 11.3 Å². The first kappa shape index (κ1) is 37.0. The fourth-order valence-electron chi connectivity index (χ4n) is 3.67. The molecule has 2 heterocycles. The number of allylic oxidation sites excluding steroid dienone is 4. The van der Waals surface area contributed by atoms with Crippen molar-refractivity contribution in [2.24, 2.45) is 11.8 Å². The second kappa shape index (κ2) is 18.5. The average Bonchev–Trinajstić information content (AvgIpc) is 3.67. The second-order valence-corrected chi connectivity index (χ2v) is 8.70.